The monoisotopic (exact) mass is 397 g/mol. The summed E-state index contributed by atoms with van der Waals surface area (Å²) in [5, 5.41) is 0.546. The number of amides is 1. The van der Waals surface area contributed by atoms with Crippen LogP contribution in [0.2, 0.25) is 5.02 Å². The molecular weight excluding hydrogens is 374 g/mol. The summed E-state index contributed by atoms with van der Waals surface area (Å²) in [5.41, 5.74) is 4.18. The van der Waals surface area contributed by atoms with E-state index in [-0.39, 0.29) is 12.3 Å². The second-order valence-corrected chi connectivity index (χ2v) is 7.36. The zero-order chi connectivity index (χ0) is 20.3. The van der Waals surface area contributed by atoms with Gasteiger partial charge in [0.1, 0.15) is 0 Å². The van der Waals surface area contributed by atoms with Crippen LogP contribution in [0.15, 0.2) is 59.8 Å². The molecule has 0 saturated carbocycles. The van der Waals surface area contributed by atoms with E-state index < -0.39 is 11.9 Å². The van der Waals surface area contributed by atoms with E-state index in [4.69, 9.17) is 16.3 Å². The SMILES string of the molecule is CCC1=C(C(=O)OC)[C@H](c2ccccc2Cl)CC(=O)N1Cc1ccc(C)cc1. The highest BCUT2D eigenvalue weighted by atomic mass is 35.5. The van der Waals surface area contributed by atoms with Crippen molar-refractivity contribution in [1.82, 2.24) is 4.90 Å². The van der Waals surface area contributed by atoms with Gasteiger partial charge in [-0.3, -0.25) is 4.79 Å². The predicted molar refractivity (Wildman–Crippen MR) is 110 cm³/mol. The lowest BCUT2D eigenvalue weighted by atomic mass is 9.82. The molecule has 1 aliphatic heterocycles. The molecule has 28 heavy (non-hydrogen) atoms. The Hall–Kier alpha value is -2.59. The Morgan fingerprint density at radius 2 is 1.86 bits per heavy atom. The second-order valence-electron chi connectivity index (χ2n) is 6.95. The molecule has 0 spiro atoms. The van der Waals surface area contributed by atoms with Gasteiger partial charge in [-0.15, -0.1) is 0 Å². The number of hydrogen-bond acceptors (Lipinski definition) is 3. The number of halogens is 1. The molecule has 0 radical (unpaired) electrons. The Balaban J connectivity index is 2.09. The Kier molecular flexibility index (Phi) is 6.20. The lowest BCUT2D eigenvalue weighted by Crippen LogP contribution is -2.38. The summed E-state index contributed by atoms with van der Waals surface area (Å²) in [7, 11) is 1.37. The minimum absolute atomic E-state index is 0.0185. The predicted octanol–water partition coefficient (Wildman–Crippen LogP) is 5.00. The smallest absolute Gasteiger partial charge is 0.336 e. The molecule has 1 heterocycles. The first-order chi connectivity index (χ1) is 13.5. The van der Waals surface area contributed by atoms with Crippen molar-refractivity contribution in [2.45, 2.75) is 39.2 Å². The van der Waals surface area contributed by atoms with Gasteiger partial charge in [0.05, 0.1) is 19.2 Å². The van der Waals surface area contributed by atoms with Crippen molar-refractivity contribution in [2.24, 2.45) is 0 Å². The largest absolute Gasteiger partial charge is 0.466 e. The highest BCUT2D eigenvalue weighted by Crippen LogP contribution is 2.41. The fraction of sp³-hybridized carbons (Fsp3) is 0.304. The van der Waals surface area contributed by atoms with E-state index in [2.05, 4.69) is 0 Å². The second kappa shape index (κ2) is 8.61. The number of allylic oxidation sites excluding steroid dienone is 1. The summed E-state index contributed by atoms with van der Waals surface area (Å²) in [5.74, 6) is -0.837. The maximum atomic E-state index is 13.1. The molecule has 0 unspecified atom stereocenters. The van der Waals surface area contributed by atoms with E-state index in [0.717, 1.165) is 16.7 Å². The highest BCUT2D eigenvalue weighted by molar-refractivity contribution is 6.31. The van der Waals surface area contributed by atoms with Gasteiger partial charge in [0.15, 0.2) is 0 Å². The highest BCUT2D eigenvalue weighted by Gasteiger charge is 2.38. The van der Waals surface area contributed by atoms with Crippen LogP contribution >= 0.6 is 11.6 Å². The third-order valence-corrected chi connectivity index (χ3v) is 5.49. The van der Waals surface area contributed by atoms with Crippen molar-refractivity contribution in [3.8, 4) is 0 Å². The lowest BCUT2D eigenvalue weighted by Gasteiger charge is -2.36. The molecule has 1 amide bonds. The van der Waals surface area contributed by atoms with Gasteiger partial charge in [-0.05, 0) is 30.5 Å². The zero-order valence-corrected chi connectivity index (χ0v) is 17.1. The molecule has 2 aromatic carbocycles. The van der Waals surface area contributed by atoms with E-state index in [0.29, 0.717) is 29.3 Å². The Labute approximate surface area is 170 Å². The van der Waals surface area contributed by atoms with Gasteiger partial charge in [-0.2, -0.15) is 0 Å². The van der Waals surface area contributed by atoms with Crippen molar-refractivity contribution in [3.05, 3.63) is 81.5 Å². The van der Waals surface area contributed by atoms with E-state index in [9.17, 15) is 9.59 Å². The van der Waals surface area contributed by atoms with Crippen molar-refractivity contribution in [2.75, 3.05) is 7.11 Å². The number of carbonyl (C=O) groups is 2. The molecule has 0 aromatic heterocycles. The van der Waals surface area contributed by atoms with Gasteiger partial charge in [0.25, 0.3) is 0 Å². The van der Waals surface area contributed by atoms with Crippen LogP contribution in [0.5, 0.6) is 0 Å². The summed E-state index contributed by atoms with van der Waals surface area (Å²) in [6.45, 7) is 4.40. The lowest BCUT2D eigenvalue weighted by molar-refractivity contribution is -0.138. The van der Waals surface area contributed by atoms with Crippen LogP contribution in [-0.4, -0.2) is 23.9 Å². The number of aryl methyl sites for hydroxylation is 1. The molecule has 0 aliphatic carbocycles. The number of methoxy groups -OCH3 is 1. The summed E-state index contributed by atoms with van der Waals surface area (Å²) in [6.07, 6.45) is 0.729. The number of esters is 1. The van der Waals surface area contributed by atoms with Crippen LogP contribution < -0.4 is 0 Å². The van der Waals surface area contributed by atoms with E-state index >= 15 is 0 Å². The quantitative estimate of drug-likeness (QED) is 0.667. The molecule has 0 fully saturated rings. The van der Waals surface area contributed by atoms with Crippen LogP contribution in [-0.2, 0) is 20.9 Å². The summed E-state index contributed by atoms with van der Waals surface area (Å²) in [4.78, 5) is 27.5. The van der Waals surface area contributed by atoms with Crippen LogP contribution in [0.25, 0.3) is 0 Å². The van der Waals surface area contributed by atoms with Crippen molar-refractivity contribution in [1.29, 1.82) is 0 Å². The van der Waals surface area contributed by atoms with Crippen LogP contribution in [0.3, 0.4) is 0 Å². The van der Waals surface area contributed by atoms with Crippen molar-refractivity contribution >= 4 is 23.5 Å². The number of hydrogen-bond donors (Lipinski definition) is 0. The summed E-state index contributed by atoms with van der Waals surface area (Å²) < 4.78 is 5.09. The summed E-state index contributed by atoms with van der Waals surface area (Å²) >= 11 is 6.39. The molecule has 5 heteroatoms. The molecule has 1 atom stereocenters. The average molecular weight is 398 g/mol. The molecule has 0 saturated heterocycles. The van der Waals surface area contributed by atoms with Gasteiger partial charge in [-0.25, -0.2) is 4.79 Å². The summed E-state index contributed by atoms with van der Waals surface area (Å²) in [6, 6.07) is 15.4. The molecular formula is C23H24ClNO3. The fourth-order valence-corrected chi connectivity index (χ4v) is 3.99. The molecule has 2 aromatic rings. The first-order valence-electron chi connectivity index (χ1n) is 9.38. The molecule has 0 bridgehead atoms. The van der Waals surface area contributed by atoms with Gasteiger partial charge in [0, 0.05) is 23.1 Å². The average Bonchev–Trinajstić information content (AvgIpc) is 2.70. The van der Waals surface area contributed by atoms with E-state index in [1.165, 1.54) is 7.11 Å². The number of rotatable bonds is 5. The molecule has 3 rings (SSSR count). The number of ether oxygens (including phenoxy) is 1. The maximum Gasteiger partial charge on any atom is 0.336 e. The minimum atomic E-state index is -0.414. The molecule has 4 nitrogen and oxygen atoms in total. The Morgan fingerprint density at radius 1 is 1.18 bits per heavy atom. The van der Waals surface area contributed by atoms with Crippen LogP contribution in [0.1, 0.15) is 42.4 Å². The third-order valence-electron chi connectivity index (χ3n) is 5.15. The number of nitrogens with zero attached hydrogens (tertiary/aromatic N) is 1. The Morgan fingerprint density at radius 3 is 2.46 bits per heavy atom. The minimum Gasteiger partial charge on any atom is -0.466 e. The van der Waals surface area contributed by atoms with Gasteiger partial charge >= 0.3 is 5.97 Å². The number of benzene rings is 2. The maximum absolute atomic E-state index is 13.1. The van der Waals surface area contributed by atoms with Crippen LogP contribution in [0.4, 0.5) is 0 Å². The van der Waals surface area contributed by atoms with Gasteiger partial charge in [-0.1, -0.05) is 66.6 Å². The Bertz CT molecular complexity index is 918. The first-order valence-corrected chi connectivity index (χ1v) is 9.75. The molecule has 0 N–H and O–H groups in total. The van der Waals surface area contributed by atoms with Gasteiger partial charge < -0.3 is 9.64 Å². The third kappa shape index (κ3) is 3.97. The van der Waals surface area contributed by atoms with E-state index in [1.807, 2.05) is 56.3 Å². The van der Waals surface area contributed by atoms with E-state index in [1.54, 1.807) is 11.0 Å². The van der Waals surface area contributed by atoms with Crippen molar-refractivity contribution < 1.29 is 14.3 Å². The van der Waals surface area contributed by atoms with Crippen LogP contribution in [0, 0.1) is 6.92 Å². The normalized spacial score (nSPS) is 17.1. The fourth-order valence-electron chi connectivity index (χ4n) is 3.72. The standard InChI is InChI=1S/C23H24ClNO3/c1-4-20-22(23(27)28-3)18(17-7-5-6-8-19(17)24)13-21(26)25(20)14-16-11-9-15(2)10-12-16/h5-12,18H,4,13-14H2,1-3H3/t18-/m0/s1. The van der Waals surface area contributed by atoms with Crippen molar-refractivity contribution in [3.63, 3.8) is 0 Å². The zero-order valence-electron chi connectivity index (χ0n) is 16.4. The van der Waals surface area contributed by atoms with Gasteiger partial charge in [0.2, 0.25) is 5.91 Å². The topological polar surface area (TPSA) is 46.6 Å². The number of carbonyl (C=O) groups excluding carboxylic acids is 2. The molecule has 146 valence electrons. The first kappa shape index (κ1) is 20.2. The molecule has 1 aliphatic rings.